The van der Waals surface area contributed by atoms with Gasteiger partial charge in [0, 0.05) is 20.2 Å². The number of nitrogens with zero attached hydrogens (tertiary/aromatic N) is 3. The first-order chi connectivity index (χ1) is 7.75. The van der Waals surface area contributed by atoms with Crippen molar-refractivity contribution in [3.8, 4) is 0 Å². The van der Waals surface area contributed by atoms with Gasteiger partial charge in [0.05, 0.1) is 18.5 Å². The molecule has 1 unspecified atom stereocenters. The van der Waals surface area contributed by atoms with Crippen molar-refractivity contribution in [1.82, 2.24) is 9.97 Å². The molecule has 0 saturated carbocycles. The zero-order valence-corrected chi connectivity index (χ0v) is 9.59. The minimum Gasteiger partial charge on any atom is -0.382 e. The predicted molar refractivity (Wildman–Crippen MR) is 63.3 cm³/mol. The van der Waals surface area contributed by atoms with E-state index in [1.807, 2.05) is 11.9 Å². The van der Waals surface area contributed by atoms with E-state index in [1.165, 1.54) is 12.8 Å². The second-order valence-corrected chi connectivity index (χ2v) is 4.17. The van der Waals surface area contributed by atoms with Crippen molar-refractivity contribution in [3.63, 3.8) is 0 Å². The van der Waals surface area contributed by atoms with Crippen molar-refractivity contribution >= 4 is 11.6 Å². The van der Waals surface area contributed by atoms with Crippen LogP contribution in [0, 0.1) is 0 Å². The van der Waals surface area contributed by atoms with Gasteiger partial charge in [0.1, 0.15) is 11.6 Å². The van der Waals surface area contributed by atoms with E-state index in [4.69, 9.17) is 10.5 Å². The maximum Gasteiger partial charge on any atom is 0.149 e. The van der Waals surface area contributed by atoms with Crippen LogP contribution in [0.25, 0.3) is 0 Å². The van der Waals surface area contributed by atoms with Gasteiger partial charge in [0.25, 0.3) is 0 Å². The van der Waals surface area contributed by atoms with Crippen LogP contribution in [0.4, 0.5) is 11.6 Å². The lowest BCUT2D eigenvalue weighted by atomic mass is 10.1. The summed E-state index contributed by atoms with van der Waals surface area (Å²) in [6, 6.07) is 0. The molecule has 5 nitrogen and oxygen atoms in total. The van der Waals surface area contributed by atoms with Gasteiger partial charge in [-0.1, -0.05) is 0 Å². The molecule has 1 aliphatic rings. The Balaban J connectivity index is 1.94. The summed E-state index contributed by atoms with van der Waals surface area (Å²) >= 11 is 0. The zero-order chi connectivity index (χ0) is 11.4. The van der Waals surface area contributed by atoms with Crippen LogP contribution in [0.3, 0.4) is 0 Å². The summed E-state index contributed by atoms with van der Waals surface area (Å²) in [6.45, 7) is 1.72. The van der Waals surface area contributed by atoms with Crippen molar-refractivity contribution in [2.45, 2.75) is 25.4 Å². The molecule has 0 amide bonds. The number of nitrogens with two attached hydrogens (primary N) is 1. The molecule has 1 aromatic heterocycles. The number of rotatable bonds is 3. The van der Waals surface area contributed by atoms with Crippen molar-refractivity contribution in [1.29, 1.82) is 0 Å². The van der Waals surface area contributed by atoms with Crippen LogP contribution >= 0.6 is 0 Å². The van der Waals surface area contributed by atoms with Gasteiger partial charge < -0.3 is 15.4 Å². The monoisotopic (exact) mass is 222 g/mol. The fourth-order valence-electron chi connectivity index (χ4n) is 1.90. The van der Waals surface area contributed by atoms with Gasteiger partial charge in [0.2, 0.25) is 0 Å². The normalized spacial score (nSPS) is 20.7. The molecule has 2 N–H and O–H groups in total. The molecule has 0 spiro atoms. The second-order valence-electron chi connectivity index (χ2n) is 4.17. The fraction of sp³-hybridized carbons (Fsp3) is 0.636. The standard InChI is InChI=1S/C11H18N4O/c1-15(8-9-4-2-3-5-16-9)11-7-13-6-10(12)14-11/h6-7,9H,2-5,8H2,1H3,(H2,12,14). The van der Waals surface area contributed by atoms with Gasteiger partial charge in [-0.05, 0) is 19.3 Å². The predicted octanol–water partition coefficient (Wildman–Crippen LogP) is 1.06. The molecule has 0 aliphatic carbocycles. The maximum atomic E-state index is 5.68. The Morgan fingerprint density at radius 2 is 2.38 bits per heavy atom. The van der Waals surface area contributed by atoms with E-state index in [2.05, 4.69) is 9.97 Å². The molecule has 1 saturated heterocycles. The van der Waals surface area contributed by atoms with Crippen LogP contribution in [-0.4, -0.2) is 36.3 Å². The van der Waals surface area contributed by atoms with Crippen molar-refractivity contribution < 1.29 is 4.74 Å². The molecule has 0 radical (unpaired) electrons. The molecule has 1 aliphatic heterocycles. The average Bonchev–Trinajstić information content (AvgIpc) is 2.30. The van der Waals surface area contributed by atoms with Crippen LogP contribution < -0.4 is 10.6 Å². The van der Waals surface area contributed by atoms with Crippen molar-refractivity contribution in [3.05, 3.63) is 12.4 Å². The quantitative estimate of drug-likeness (QED) is 0.828. The summed E-state index contributed by atoms with van der Waals surface area (Å²) in [7, 11) is 1.99. The Bertz CT molecular complexity index is 339. The molecule has 88 valence electrons. The third-order valence-electron chi connectivity index (χ3n) is 2.78. The molecule has 2 rings (SSSR count). The lowest BCUT2D eigenvalue weighted by molar-refractivity contribution is 0.0215. The number of hydrogen-bond donors (Lipinski definition) is 1. The molecular formula is C11H18N4O. The minimum absolute atomic E-state index is 0.307. The van der Waals surface area contributed by atoms with E-state index in [1.54, 1.807) is 12.4 Å². The van der Waals surface area contributed by atoms with Gasteiger partial charge in [-0.2, -0.15) is 0 Å². The summed E-state index contributed by atoms with van der Waals surface area (Å²) in [6.07, 6.45) is 7.13. The summed E-state index contributed by atoms with van der Waals surface area (Å²) in [5.41, 5.74) is 5.60. The van der Waals surface area contributed by atoms with E-state index in [0.29, 0.717) is 11.9 Å². The van der Waals surface area contributed by atoms with Gasteiger partial charge in [-0.3, -0.25) is 4.98 Å². The lowest BCUT2D eigenvalue weighted by Crippen LogP contribution is -2.33. The Labute approximate surface area is 95.6 Å². The first kappa shape index (κ1) is 11.1. The molecule has 16 heavy (non-hydrogen) atoms. The molecule has 1 fully saturated rings. The topological polar surface area (TPSA) is 64.3 Å². The Morgan fingerprint density at radius 3 is 3.06 bits per heavy atom. The summed E-state index contributed by atoms with van der Waals surface area (Å²) in [5, 5.41) is 0. The highest BCUT2D eigenvalue weighted by Gasteiger charge is 2.16. The number of ether oxygens (including phenoxy) is 1. The average molecular weight is 222 g/mol. The highest BCUT2D eigenvalue weighted by atomic mass is 16.5. The van der Waals surface area contributed by atoms with Gasteiger partial charge in [0.15, 0.2) is 0 Å². The number of hydrogen-bond acceptors (Lipinski definition) is 5. The van der Waals surface area contributed by atoms with Crippen LogP contribution in [0.5, 0.6) is 0 Å². The van der Waals surface area contributed by atoms with Crippen LogP contribution in [0.2, 0.25) is 0 Å². The molecular weight excluding hydrogens is 204 g/mol. The molecule has 1 aromatic rings. The summed E-state index contributed by atoms with van der Waals surface area (Å²) < 4.78 is 5.68. The fourth-order valence-corrected chi connectivity index (χ4v) is 1.90. The van der Waals surface area contributed by atoms with Gasteiger partial charge in [-0.15, -0.1) is 0 Å². The summed E-state index contributed by atoms with van der Waals surface area (Å²) in [4.78, 5) is 10.3. The number of nitrogen functional groups attached to an aromatic ring is 1. The van der Waals surface area contributed by atoms with E-state index >= 15 is 0 Å². The zero-order valence-electron chi connectivity index (χ0n) is 9.59. The van der Waals surface area contributed by atoms with E-state index in [0.717, 1.165) is 25.4 Å². The van der Waals surface area contributed by atoms with Crippen LogP contribution in [0.1, 0.15) is 19.3 Å². The molecule has 5 heteroatoms. The molecule has 1 atom stereocenters. The smallest absolute Gasteiger partial charge is 0.149 e. The Morgan fingerprint density at radius 1 is 1.50 bits per heavy atom. The Hall–Kier alpha value is -1.36. The SMILES string of the molecule is CN(CC1CCCCO1)c1cncc(N)n1. The van der Waals surface area contributed by atoms with E-state index < -0.39 is 0 Å². The minimum atomic E-state index is 0.307. The first-order valence-corrected chi connectivity index (χ1v) is 5.66. The first-order valence-electron chi connectivity index (χ1n) is 5.66. The molecule has 0 aromatic carbocycles. The molecule has 2 heterocycles. The van der Waals surface area contributed by atoms with Crippen LogP contribution in [0.15, 0.2) is 12.4 Å². The number of anilines is 2. The number of aromatic nitrogens is 2. The second kappa shape index (κ2) is 5.12. The lowest BCUT2D eigenvalue weighted by Gasteiger charge is -2.27. The van der Waals surface area contributed by atoms with Crippen molar-refractivity contribution in [2.24, 2.45) is 0 Å². The maximum absolute atomic E-state index is 5.68. The highest BCUT2D eigenvalue weighted by molar-refractivity contribution is 5.40. The van der Waals surface area contributed by atoms with E-state index in [-0.39, 0.29) is 0 Å². The van der Waals surface area contributed by atoms with Crippen LogP contribution in [-0.2, 0) is 4.74 Å². The van der Waals surface area contributed by atoms with Gasteiger partial charge in [-0.25, -0.2) is 4.98 Å². The largest absolute Gasteiger partial charge is 0.382 e. The summed E-state index contributed by atoms with van der Waals surface area (Å²) in [5.74, 6) is 1.25. The Kier molecular flexibility index (Phi) is 3.56. The highest BCUT2D eigenvalue weighted by Crippen LogP contribution is 2.16. The third kappa shape index (κ3) is 2.82. The number of likely N-dealkylation sites (N-methyl/N-ethyl adjacent to an activating group) is 1. The third-order valence-corrected chi connectivity index (χ3v) is 2.78. The van der Waals surface area contributed by atoms with Crippen molar-refractivity contribution in [2.75, 3.05) is 30.8 Å². The van der Waals surface area contributed by atoms with E-state index in [9.17, 15) is 0 Å². The molecule has 0 bridgehead atoms. The van der Waals surface area contributed by atoms with Gasteiger partial charge >= 0.3 is 0 Å².